The Morgan fingerprint density at radius 1 is 1.08 bits per heavy atom. The van der Waals surface area contributed by atoms with Crippen molar-refractivity contribution in [1.82, 2.24) is 14.9 Å². The highest BCUT2D eigenvalue weighted by atomic mass is 19.1. The lowest BCUT2D eigenvalue weighted by atomic mass is 10.0. The van der Waals surface area contributed by atoms with E-state index in [9.17, 15) is 33.0 Å². The van der Waals surface area contributed by atoms with Crippen LogP contribution < -0.4 is 15.6 Å². The lowest BCUT2D eigenvalue weighted by Crippen LogP contribution is -2.40. The molecule has 1 fully saturated rings. The van der Waals surface area contributed by atoms with Gasteiger partial charge in [-0.25, -0.2) is 22.5 Å². The molecule has 4 rings (SSSR count). The number of hydrogen-bond acceptors (Lipinski definition) is 6. The van der Waals surface area contributed by atoms with Crippen LogP contribution >= 0.6 is 0 Å². The average molecular weight is 522 g/mol. The summed E-state index contributed by atoms with van der Waals surface area (Å²) >= 11 is 0. The largest absolute Gasteiger partial charge is 0.389 e. The molecular formula is C25H26F4N4O4. The third-order valence-electron chi connectivity index (χ3n) is 6.50. The SMILES string of the molecule is CCC(NC(=O)c1cn(-c2c(F)cc(F)cc2F)c2nc(N3C[C@@H](O)[C@H](O)C3)c(F)cc2c1=O)C(C)C. The highest BCUT2D eigenvalue weighted by Crippen LogP contribution is 2.28. The predicted octanol–water partition coefficient (Wildman–Crippen LogP) is 2.65. The summed E-state index contributed by atoms with van der Waals surface area (Å²) in [6.07, 6.45) is -0.955. The number of benzene rings is 1. The van der Waals surface area contributed by atoms with Gasteiger partial charge in [0.1, 0.15) is 17.1 Å². The number of aromatic nitrogens is 2. The predicted molar refractivity (Wildman–Crippen MR) is 128 cm³/mol. The minimum absolute atomic E-state index is 0.0106. The van der Waals surface area contributed by atoms with E-state index < -0.39 is 69.1 Å². The van der Waals surface area contributed by atoms with E-state index in [0.717, 1.165) is 16.8 Å². The molecule has 1 unspecified atom stereocenters. The second-order valence-electron chi connectivity index (χ2n) is 9.40. The van der Waals surface area contributed by atoms with Gasteiger partial charge in [0, 0.05) is 37.5 Å². The number of nitrogens with zero attached hydrogens (tertiary/aromatic N) is 3. The van der Waals surface area contributed by atoms with Crippen LogP contribution in [0.2, 0.25) is 0 Å². The summed E-state index contributed by atoms with van der Waals surface area (Å²) in [4.78, 5) is 31.7. The maximum Gasteiger partial charge on any atom is 0.257 e. The zero-order valence-corrected chi connectivity index (χ0v) is 20.3. The molecular weight excluding hydrogens is 496 g/mol. The first kappa shape index (κ1) is 26.6. The number of β-amino-alcohol motifs (C(OH)–C–C–N with tert-alkyl or cyclic N) is 2. The Bertz CT molecular complexity index is 1400. The second-order valence-corrected chi connectivity index (χ2v) is 9.40. The molecule has 1 amide bonds. The summed E-state index contributed by atoms with van der Waals surface area (Å²) in [7, 11) is 0. The van der Waals surface area contributed by atoms with Crippen molar-refractivity contribution in [3.63, 3.8) is 0 Å². The summed E-state index contributed by atoms with van der Waals surface area (Å²) < 4.78 is 59.3. The number of anilines is 1. The summed E-state index contributed by atoms with van der Waals surface area (Å²) in [5.74, 6) is -6.10. The smallest absolute Gasteiger partial charge is 0.257 e. The van der Waals surface area contributed by atoms with Gasteiger partial charge in [0.25, 0.3) is 5.91 Å². The minimum Gasteiger partial charge on any atom is -0.389 e. The highest BCUT2D eigenvalue weighted by molar-refractivity contribution is 5.97. The van der Waals surface area contributed by atoms with Crippen molar-refractivity contribution >= 4 is 22.8 Å². The fraction of sp³-hybridized carbons (Fsp3) is 0.400. The molecule has 0 radical (unpaired) electrons. The molecule has 3 atom stereocenters. The quantitative estimate of drug-likeness (QED) is 0.430. The normalized spacial score (nSPS) is 18.6. The van der Waals surface area contributed by atoms with Crippen LogP contribution in [0.25, 0.3) is 16.7 Å². The van der Waals surface area contributed by atoms with Gasteiger partial charge in [0.2, 0.25) is 5.43 Å². The Labute approximate surface area is 209 Å². The van der Waals surface area contributed by atoms with E-state index in [1.807, 2.05) is 20.8 Å². The van der Waals surface area contributed by atoms with Crippen molar-refractivity contribution < 1.29 is 32.6 Å². The van der Waals surface area contributed by atoms with Crippen LogP contribution in [0, 0.1) is 29.2 Å². The van der Waals surface area contributed by atoms with Gasteiger partial charge >= 0.3 is 0 Å². The molecule has 0 bridgehead atoms. The molecule has 3 heterocycles. The van der Waals surface area contributed by atoms with Gasteiger partial charge in [-0.05, 0) is 18.4 Å². The van der Waals surface area contributed by atoms with Crippen LogP contribution in [-0.4, -0.2) is 57.0 Å². The number of nitrogens with one attached hydrogen (secondary N) is 1. The molecule has 8 nitrogen and oxygen atoms in total. The van der Waals surface area contributed by atoms with E-state index in [0.29, 0.717) is 18.6 Å². The van der Waals surface area contributed by atoms with Crippen molar-refractivity contribution in [2.45, 2.75) is 45.4 Å². The van der Waals surface area contributed by atoms with Crippen LogP contribution in [0.5, 0.6) is 0 Å². The van der Waals surface area contributed by atoms with Crippen LogP contribution in [0.3, 0.4) is 0 Å². The van der Waals surface area contributed by atoms with Crippen LogP contribution in [0.4, 0.5) is 23.4 Å². The van der Waals surface area contributed by atoms with Gasteiger partial charge in [-0.15, -0.1) is 0 Å². The number of halogens is 4. The molecule has 1 aromatic carbocycles. The zero-order chi connectivity index (χ0) is 27.2. The van der Waals surface area contributed by atoms with Gasteiger partial charge in [0.15, 0.2) is 28.9 Å². The van der Waals surface area contributed by atoms with E-state index in [1.54, 1.807) is 0 Å². The van der Waals surface area contributed by atoms with Crippen molar-refractivity contribution in [3.05, 3.63) is 63.5 Å². The minimum atomic E-state index is -1.35. The summed E-state index contributed by atoms with van der Waals surface area (Å²) in [6.45, 7) is 5.19. The molecule has 37 heavy (non-hydrogen) atoms. The van der Waals surface area contributed by atoms with Crippen LogP contribution in [-0.2, 0) is 0 Å². The third kappa shape index (κ3) is 4.90. The Kier molecular flexibility index (Phi) is 7.24. The number of aliphatic hydroxyl groups excluding tert-OH is 2. The molecule has 3 aromatic rings. The molecule has 0 aliphatic carbocycles. The van der Waals surface area contributed by atoms with E-state index >= 15 is 4.39 Å². The number of carbonyl (C=O) groups excluding carboxylic acids is 1. The number of fused-ring (bicyclic) bond motifs is 1. The van der Waals surface area contributed by atoms with E-state index in [2.05, 4.69) is 10.3 Å². The van der Waals surface area contributed by atoms with E-state index in [1.165, 1.54) is 4.90 Å². The number of rotatable bonds is 6. The Morgan fingerprint density at radius 3 is 2.22 bits per heavy atom. The highest BCUT2D eigenvalue weighted by Gasteiger charge is 2.33. The van der Waals surface area contributed by atoms with E-state index in [4.69, 9.17) is 0 Å². The topological polar surface area (TPSA) is 108 Å². The zero-order valence-electron chi connectivity index (χ0n) is 20.3. The van der Waals surface area contributed by atoms with Gasteiger partial charge < -0.3 is 20.4 Å². The Hall–Kier alpha value is -3.51. The molecule has 0 spiro atoms. The average Bonchev–Trinajstić information content (AvgIpc) is 3.15. The molecule has 1 saturated heterocycles. The molecule has 3 N–H and O–H groups in total. The Balaban J connectivity index is 1.99. The lowest BCUT2D eigenvalue weighted by molar-refractivity contribution is 0.0572. The van der Waals surface area contributed by atoms with Crippen molar-refractivity contribution in [2.24, 2.45) is 5.92 Å². The fourth-order valence-corrected chi connectivity index (χ4v) is 4.46. The molecule has 198 valence electrons. The first-order chi connectivity index (χ1) is 17.4. The summed E-state index contributed by atoms with van der Waals surface area (Å²) in [5, 5.41) is 22.0. The number of amides is 1. The summed E-state index contributed by atoms with van der Waals surface area (Å²) in [6, 6.07) is 1.31. The molecule has 12 heteroatoms. The van der Waals surface area contributed by atoms with Gasteiger partial charge in [-0.2, -0.15) is 0 Å². The lowest BCUT2D eigenvalue weighted by Gasteiger charge is -2.22. The van der Waals surface area contributed by atoms with Gasteiger partial charge in [0.05, 0.1) is 17.6 Å². The maximum absolute atomic E-state index is 15.1. The fourth-order valence-electron chi connectivity index (χ4n) is 4.46. The maximum atomic E-state index is 15.1. The first-order valence-electron chi connectivity index (χ1n) is 11.8. The first-order valence-corrected chi connectivity index (χ1v) is 11.8. The summed E-state index contributed by atoms with van der Waals surface area (Å²) in [5.41, 5.74) is -2.68. The number of hydrogen-bond donors (Lipinski definition) is 3. The van der Waals surface area contributed by atoms with Crippen LogP contribution in [0.15, 0.2) is 29.2 Å². The molecule has 1 aliphatic heterocycles. The monoisotopic (exact) mass is 522 g/mol. The van der Waals surface area contributed by atoms with Crippen molar-refractivity contribution in [2.75, 3.05) is 18.0 Å². The molecule has 0 saturated carbocycles. The van der Waals surface area contributed by atoms with Crippen LogP contribution in [0.1, 0.15) is 37.6 Å². The second kappa shape index (κ2) is 10.1. The van der Waals surface area contributed by atoms with Gasteiger partial charge in [-0.3, -0.25) is 14.2 Å². The molecule has 1 aliphatic rings. The van der Waals surface area contributed by atoms with E-state index in [-0.39, 0.29) is 30.9 Å². The number of aliphatic hydroxyl groups is 2. The van der Waals surface area contributed by atoms with Crippen molar-refractivity contribution in [3.8, 4) is 5.69 Å². The standard InChI is InChI=1S/C25H26F4N4O4/c1-4-18(11(2)3)30-25(37)14-8-33(21-15(27)5-12(26)6-16(21)28)23-13(22(14)36)7-17(29)24(31-23)32-9-19(34)20(35)10-32/h5-8,11,18-20,34-35H,4,9-10H2,1-3H3,(H,30,37)/t18?,19-,20-/m1/s1. The van der Waals surface area contributed by atoms with Gasteiger partial charge in [-0.1, -0.05) is 20.8 Å². The third-order valence-corrected chi connectivity index (χ3v) is 6.50. The molecule has 2 aromatic heterocycles. The Morgan fingerprint density at radius 2 is 1.68 bits per heavy atom. The van der Waals surface area contributed by atoms with Crippen molar-refractivity contribution in [1.29, 1.82) is 0 Å². The number of carbonyl (C=O) groups is 1. The number of pyridine rings is 2.